The second-order valence-corrected chi connectivity index (χ2v) is 4.64. The van der Waals surface area contributed by atoms with E-state index in [9.17, 15) is 0 Å². The molecule has 1 aromatic carbocycles. The molecule has 0 heterocycles. The Balaban J connectivity index is 0.000000574. The van der Waals surface area contributed by atoms with Crippen LogP contribution >= 0.6 is 0 Å². The van der Waals surface area contributed by atoms with Gasteiger partial charge in [0, 0.05) is 17.8 Å². The first kappa shape index (κ1) is 13.1. The Bertz CT molecular complexity index is 591. The molecule has 0 bridgehead atoms. The molecule has 18 heavy (non-hydrogen) atoms. The molecule has 1 nitrogen and oxygen atoms in total. The van der Waals surface area contributed by atoms with Crippen molar-refractivity contribution < 1.29 is 0 Å². The lowest BCUT2D eigenvalue weighted by Gasteiger charge is -2.00. The SMILES string of the molecule is CC.CCCN=C(C)c1ccc2c3c1C=3CCC=2. The van der Waals surface area contributed by atoms with Gasteiger partial charge in [-0.1, -0.05) is 39.0 Å². The predicted octanol–water partition coefficient (Wildman–Crippen LogP) is 3.02. The zero-order valence-corrected chi connectivity index (χ0v) is 12.0. The summed E-state index contributed by atoms with van der Waals surface area (Å²) in [4.78, 5) is 4.62. The van der Waals surface area contributed by atoms with Crippen LogP contribution in [0.2, 0.25) is 0 Å². The molecule has 1 heteroatoms. The van der Waals surface area contributed by atoms with E-state index >= 15 is 0 Å². The van der Waals surface area contributed by atoms with Crippen LogP contribution in [-0.2, 0) is 0 Å². The second-order valence-electron chi connectivity index (χ2n) is 4.64. The number of nitrogens with zero attached hydrogens (tertiary/aromatic N) is 1. The average Bonchev–Trinajstić information content (AvgIpc) is 3.16. The van der Waals surface area contributed by atoms with Crippen LogP contribution < -0.4 is 10.4 Å². The largest absolute Gasteiger partial charge is 0.289 e. The quantitative estimate of drug-likeness (QED) is 0.721. The van der Waals surface area contributed by atoms with Crippen molar-refractivity contribution in [2.24, 2.45) is 4.99 Å². The topological polar surface area (TPSA) is 12.4 Å². The van der Waals surface area contributed by atoms with Gasteiger partial charge < -0.3 is 0 Å². The minimum atomic E-state index is 0.948. The molecule has 0 saturated carbocycles. The lowest BCUT2D eigenvalue weighted by atomic mass is 10.1. The Morgan fingerprint density at radius 3 is 2.78 bits per heavy atom. The molecule has 0 unspecified atom stereocenters. The van der Waals surface area contributed by atoms with Crippen LogP contribution in [0.25, 0.3) is 11.6 Å². The number of benzene rings is 1. The zero-order chi connectivity index (χ0) is 13.1. The molecule has 3 rings (SSSR count). The molecule has 0 spiro atoms. The predicted molar refractivity (Wildman–Crippen MR) is 80.6 cm³/mol. The smallest absolute Gasteiger partial charge is 0.0395 e. The lowest BCUT2D eigenvalue weighted by molar-refractivity contribution is 0.931. The summed E-state index contributed by atoms with van der Waals surface area (Å²) in [5.41, 5.74) is 5.70. The third kappa shape index (κ3) is 2.14. The second kappa shape index (κ2) is 5.51. The Morgan fingerprint density at radius 2 is 2.06 bits per heavy atom. The van der Waals surface area contributed by atoms with Crippen molar-refractivity contribution in [3.8, 4) is 0 Å². The van der Waals surface area contributed by atoms with Gasteiger partial charge in [0.15, 0.2) is 0 Å². The van der Waals surface area contributed by atoms with Gasteiger partial charge in [-0.15, -0.1) is 0 Å². The number of hydrogen-bond donors (Lipinski definition) is 0. The van der Waals surface area contributed by atoms with Gasteiger partial charge in [-0.3, -0.25) is 4.99 Å². The first-order valence-corrected chi connectivity index (χ1v) is 7.21. The normalized spacial score (nSPS) is 15.3. The molecule has 0 fully saturated rings. The van der Waals surface area contributed by atoms with Crippen LogP contribution in [0.5, 0.6) is 0 Å². The third-order valence-corrected chi connectivity index (χ3v) is 3.50. The van der Waals surface area contributed by atoms with Crippen LogP contribution in [0, 0.1) is 0 Å². The van der Waals surface area contributed by atoms with Crippen LogP contribution in [0.15, 0.2) is 17.1 Å². The molecule has 0 radical (unpaired) electrons. The molecule has 0 aliphatic heterocycles. The van der Waals surface area contributed by atoms with E-state index in [0.717, 1.165) is 13.0 Å². The maximum Gasteiger partial charge on any atom is 0.0395 e. The van der Waals surface area contributed by atoms with Crippen molar-refractivity contribution >= 4 is 17.4 Å². The highest BCUT2D eigenvalue weighted by Gasteiger charge is 2.26. The Labute approximate surface area is 110 Å². The molecule has 96 valence electrons. The Hall–Kier alpha value is -1.37. The highest BCUT2D eigenvalue weighted by atomic mass is 14.7. The van der Waals surface area contributed by atoms with Crippen molar-refractivity contribution in [1.82, 2.24) is 0 Å². The maximum absolute atomic E-state index is 4.62. The molecule has 1 aromatic rings. The maximum atomic E-state index is 4.62. The van der Waals surface area contributed by atoms with Gasteiger partial charge in [-0.25, -0.2) is 0 Å². The van der Waals surface area contributed by atoms with Gasteiger partial charge in [-0.05, 0) is 47.8 Å². The van der Waals surface area contributed by atoms with E-state index in [0.29, 0.717) is 0 Å². The van der Waals surface area contributed by atoms with Gasteiger partial charge in [0.1, 0.15) is 0 Å². The molecular formula is C17H23N. The molecular weight excluding hydrogens is 218 g/mol. The summed E-state index contributed by atoms with van der Waals surface area (Å²) < 4.78 is 0. The highest BCUT2D eigenvalue weighted by molar-refractivity contribution is 6.06. The van der Waals surface area contributed by atoms with Crippen molar-refractivity contribution in [2.75, 3.05) is 6.54 Å². The molecule has 0 aromatic heterocycles. The van der Waals surface area contributed by atoms with Crippen molar-refractivity contribution in [1.29, 1.82) is 0 Å². The fourth-order valence-electron chi connectivity index (χ4n) is 2.64. The number of fused-ring (bicyclic) bond motifs is 1. The van der Waals surface area contributed by atoms with Gasteiger partial charge in [0.2, 0.25) is 0 Å². The molecule has 0 amide bonds. The van der Waals surface area contributed by atoms with Gasteiger partial charge in [-0.2, -0.15) is 0 Å². The lowest BCUT2D eigenvalue weighted by Crippen LogP contribution is -2.19. The summed E-state index contributed by atoms with van der Waals surface area (Å²) in [7, 11) is 0. The summed E-state index contributed by atoms with van der Waals surface area (Å²) >= 11 is 0. The Morgan fingerprint density at radius 1 is 1.28 bits per heavy atom. The minimum absolute atomic E-state index is 0.948. The van der Waals surface area contributed by atoms with Gasteiger partial charge in [0.05, 0.1) is 0 Å². The van der Waals surface area contributed by atoms with Crippen LogP contribution in [-0.4, -0.2) is 12.3 Å². The standard InChI is InChI=1S/C15H17N.C2H6/c1-3-9-16-10(2)12-8-7-11-5-4-6-13-14(11)15(12)13;1-2/h5,7-8H,3-4,6,9H2,1-2H3;1-2H3. The van der Waals surface area contributed by atoms with Crippen molar-refractivity contribution in [3.05, 3.63) is 33.7 Å². The molecule has 2 aliphatic rings. The number of hydrogen-bond acceptors (Lipinski definition) is 1. The van der Waals surface area contributed by atoms with E-state index in [4.69, 9.17) is 0 Å². The molecule has 0 saturated heterocycles. The summed E-state index contributed by atoms with van der Waals surface area (Å²) in [5.74, 6) is 0. The zero-order valence-electron chi connectivity index (χ0n) is 12.0. The summed E-state index contributed by atoms with van der Waals surface area (Å²) in [6, 6.07) is 4.50. The first-order chi connectivity index (χ1) is 8.83. The average molecular weight is 241 g/mol. The Kier molecular flexibility index (Phi) is 4.00. The summed E-state index contributed by atoms with van der Waals surface area (Å²) in [5, 5.41) is 2.98. The van der Waals surface area contributed by atoms with Crippen LogP contribution in [0.1, 0.15) is 58.1 Å². The van der Waals surface area contributed by atoms with E-state index < -0.39 is 0 Å². The van der Waals surface area contributed by atoms with Crippen molar-refractivity contribution in [2.45, 2.75) is 47.0 Å². The van der Waals surface area contributed by atoms with Crippen LogP contribution in [0.3, 0.4) is 0 Å². The molecule has 0 atom stereocenters. The molecule has 0 N–H and O–H groups in total. The fraction of sp³-hybridized carbons (Fsp3) is 0.471. The van der Waals surface area contributed by atoms with E-state index in [-0.39, 0.29) is 0 Å². The third-order valence-electron chi connectivity index (χ3n) is 3.50. The minimum Gasteiger partial charge on any atom is -0.289 e. The fourth-order valence-corrected chi connectivity index (χ4v) is 2.64. The van der Waals surface area contributed by atoms with E-state index in [1.165, 1.54) is 40.1 Å². The monoisotopic (exact) mass is 241 g/mol. The summed E-state index contributed by atoms with van der Waals surface area (Å²) in [6.07, 6.45) is 5.93. The van der Waals surface area contributed by atoms with Gasteiger partial charge in [0.25, 0.3) is 0 Å². The summed E-state index contributed by atoms with van der Waals surface area (Å²) in [6.45, 7) is 9.26. The van der Waals surface area contributed by atoms with Gasteiger partial charge >= 0.3 is 0 Å². The highest BCUT2D eigenvalue weighted by Crippen LogP contribution is 2.29. The number of aliphatic imine (C=N–C) groups is 1. The van der Waals surface area contributed by atoms with Crippen molar-refractivity contribution in [3.63, 3.8) is 0 Å². The number of rotatable bonds is 3. The van der Waals surface area contributed by atoms with E-state index in [1.54, 1.807) is 5.57 Å². The van der Waals surface area contributed by atoms with Crippen LogP contribution in [0.4, 0.5) is 0 Å². The van der Waals surface area contributed by atoms with E-state index in [2.05, 4.69) is 37.0 Å². The molecule has 2 aliphatic carbocycles. The van der Waals surface area contributed by atoms with E-state index in [1.807, 2.05) is 13.8 Å². The first-order valence-electron chi connectivity index (χ1n) is 7.21.